The van der Waals surface area contributed by atoms with Crippen LogP contribution in [-0.4, -0.2) is 25.7 Å². The molecule has 0 aliphatic heterocycles. The summed E-state index contributed by atoms with van der Waals surface area (Å²) in [7, 11) is 0. The number of unbranched alkanes of at least 4 members (excludes halogenated alkanes) is 1. The maximum Gasteiger partial charge on any atom is 0.281 e. The van der Waals surface area contributed by atoms with Crippen LogP contribution >= 0.6 is 11.6 Å². The summed E-state index contributed by atoms with van der Waals surface area (Å²) >= 11 is 6.20. The Morgan fingerprint density at radius 2 is 2.15 bits per heavy atom. The van der Waals surface area contributed by atoms with Gasteiger partial charge in [-0.2, -0.15) is 10.2 Å². The van der Waals surface area contributed by atoms with E-state index < -0.39 is 0 Å². The van der Waals surface area contributed by atoms with Gasteiger partial charge in [-0.1, -0.05) is 31.5 Å². The Morgan fingerprint density at radius 3 is 2.92 bits per heavy atom. The third kappa shape index (κ3) is 3.62. The van der Waals surface area contributed by atoms with E-state index in [1.54, 1.807) is 22.8 Å². The van der Waals surface area contributed by atoms with Crippen molar-refractivity contribution in [2.24, 2.45) is 0 Å². The first kappa shape index (κ1) is 18.1. The van der Waals surface area contributed by atoms with Crippen LogP contribution in [0.5, 0.6) is 0 Å². The van der Waals surface area contributed by atoms with E-state index in [9.17, 15) is 10.1 Å². The molecule has 2 aromatic heterocycles. The minimum atomic E-state index is -0.315. The molecule has 0 aliphatic rings. The van der Waals surface area contributed by atoms with E-state index in [4.69, 9.17) is 16.3 Å². The average molecular weight is 372 g/mol. The molecule has 0 atom stereocenters. The monoisotopic (exact) mass is 371 g/mol. The number of nitrogens with zero attached hydrogens (tertiary/aromatic N) is 5. The molecule has 0 radical (unpaired) electrons. The predicted molar refractivity (Wildman–Crippen MR) is 97.9 cm³/mol. The molecule has 0 saturated heterocycles. The average Bonchev–Trinajstić information content (AvgIpc) is 3.05. The van der Waals surface area contributed by atoms with Gasteiger partial charge in [-0.05, 0) is 29.7 Å². The van der Waals surface area contributed by atoms with E-state index in [0.717, 1.165) is 12.8 Å². The molecule has 0 unspecified atom stereocenters. The van der Waals surface area contributed by atoms with Gasteiger partial charge in [0, 0.05) is 6.61 Å². The molecule has 0 N–H and O–H groups in total. The molecule has 3 rings (SSSR count). The van der Waals surface area contributed by atoms with Crippen molar-refractivity contribution in [3.63, 3.8) is 0 Å². The van der Waals surface area contributed by atoms with Crippen molar-refractivity contribution in [2.75, 3.05) is 6.61 Å². The molecule has 0 spiro atoms. The third-order valence-corrected chi connectivity index (χ3v) is 4.31. The number of ether oxygens (including phenoxy) is 1. The van der Waals surface area contributed by atoms with Gasteiger partial charge < -0.3 is 9.30 Å². The highest BCUT2D eigenvalue weighted by molar-refractivity contribution is 6.28. The van der Waals surface area contributed by atoms with Gasteiger partial charge in [0.15, 0.2) is 11.2 Å². The van der Waals surface area contributed by atoms with Crippen LogP contribution in [0.2, 0.25) is 5.28 Å². The molecule has 3 aromatic rings. The van der Waals surface area contributed by atoms with Gasteiger partial charge in [0.05, 0.1) is 24.5 Å². The summed E-state index contributed by atoms with van der Waals surface area (Å²) in [5.74, 6) is 0. The normalized spacial score (nSPS) is 11.0. The molecule has 2 heterocycles. The zero-order valence-corrected chi connectivity index (χ0v) is 15.1. The first-order valence-corrected chi connectivity index (χ1v) is 8.70. The maximum absolute atomic E-state index is 13.0. The zero-order valence-electron chi connectivity index (χ0n) is 14.4. The van der Waals surface area contributed by atoms with Crippen LogP contribution in [0, 0.1) is 11.3 Å². The molecule has 7 nitrogen and oxygen atoms in total. The summed E-state index contributed by atoms with van der Waals surface area (Å²) < 4.78 is 8.54. The van der Waals surface area contributed by atoms with E-state index in [1.165, 1.54) is 10.9 Å². The summed E-state index contributed by atoms with van der Waals surface area (Å²) in [6, 6.07) is 9.20. The highest BCUT2D eigenvalue weighted by atomic mass is 35.5. The fourth-order valence-corrected chi connectivity index (χ4v) is 2.83. The van der Waals surface area contributed by atoms with Gasteiger partial charge in [-0.3, -0.25) is 9.36 Å². The Labute approximate surface area is 155 Å². The Kier molecular flexibility index (Phi) is 5.66. The van der Waals surface area contributed by atoms with Gasteiger partial charge in [-0.15, -0.1) is 0 Å². The molecule has 0 aliphatic carbocycles. The summed E-state index contributed by atoms with van der Waals surface area (Å²) in [6.45, 7) is 3.08. The Morgan fingerprint density at radius 1 is 1.35 bits per heavy atom. The molecule has 0 bridgehead atoms. The number of benzene rings is 1. The smallest absolute Gasteiger partial charge is 0.281 e. The lowest BCUT2D eigenvalue weighted by atomic mass is 10.1. The van der Waals surface area contributed by atoms with Crippen molar-refractivity contribution in [1.82, 2.24) is 19.1 Å². The van der Waals surface area contributed by atoms with Crippen molar-refractivity contribution in [3.05, 3.63) is 57.4 Å². The molecule has 0 saturated carbocycles. The molecule has 134 valence electrons. The van der Waals surface area contributed by atoms with E-state index in [2.05, 4.69) is 23.0 Å². The van der Waals surface area contributed by atoms with Crippen molar-refractivity contribution >= 4 is 22.8 Å². The third-order valence-electron chi connectivity index (χ3n) is 4.03. The second kappa shape index (κ2) is 8.13. The number of aromatic nitrogens is 4. The van der Waals surface area contributed by atoms with Crippen molar-refractivity contribution in [2.45, 2.75) is 33.0 Å². The number of imidazole rings is 1. The summed E-state index contributed by atoms with van der Waals surface area (Å²) in [6.07, 6.45) is 3.51. The zero-order chi connectivity index (χ0) is 18.5. The second-order valence-corrected chi connectivity index (χ2v) is 6.16. The van der Waals surface area contributed by atoms with Crippen LogP contribution in [0.25, 0.3) is 11.2 Å². The first-order chi connectivity index (χ1) is 12.7. The number of hydrogen-bond acceptors (Lipinski definition) is 5. The lowest BCUT2D eigenvalue weighted by molar-refractivity contribution is 0.0771. The van der Waals surface area contributed by atoms with Gasteiger partial charge in [0.25, 0.3) is 5.56 Å². The number of hydrogen-bond donors (Lipinski definition) is 0. The molecule has 8 heteroatoms. The quantitative estimate of drug-likeness (QED) is 0.470. The Hall–Kier alpha value is -2.69. The van der Waals surface area contributed by atoms with Crippen molar-refractivity contribution in [3.8, 4) is 6.07 Å². The van der Waals surface area contributed by atoms with Crippen LogP contribution in [0.1, 0.15) is 30.9 Å². The number of rotatable bonds is 7. The van der Waals surface area contributed by atoms with Crippen LogP contribution in [-0.2, 0) is 18.0 Å². The first-order valence-electron chi connectivity index (χ1n) is 8.32. The van der Waals surface area contributed by atoms with Crippen LogP contribution in [0.15, 0.2) is 35.4 Å². The van der Waals surface area contributed by atoms with E-state index in [1.807, 2.05) is 6.07 Å². The van der Waals surface area contributed by atoms with E-state index in [0.29, 0.717) is 23.3 Å². The molecule has 26 heavy (non-hydrogen) atoms. The Bertz CT molecular complexity index is 1020. The number of nitriles is 1. The number of halogens is 1. The molecule has 0 amide bonds. The van der Waals surface area contributed by atoms with Crippen LogP contribution in [0.4, 0.5) is 0 Å². The minimum Gasteiger partial charge on any atom is -0.361 e. The molecule has 1 aromatic carbocycles. The standard InChI is InChI=1S/C18H18ClN5O2/c1-2-3-8-26-12-23-11-21-16-15(23)17(25)24(18(19)22-16)10-14-7-5-4-6-13(14)9-20/h4-7,11H,2-3,8,10,12H2,1H3. The maximum atomic E-state index is 13.0. The van der Waals surface area contributed by atoms with Crippen LogP contribution in [0.3, 0.4) is 0 Å². The number of fused-ring (bicyclic) bond motifs is 1. The summed E-state index contributed by atoms with van der Waals surface area (Å²) in [5.41, 5.74) is 1.49. The van der Waals surface area contributed by atoms with Crippen molar-refractivity contribution < 1.29 is 4.74 Å². The largest absolute Gasteiger partial charge is 0.361 e. The highest BCUT2D eigenvalue weighted by Crippen LogP contribution is 2.15. The lowest BCUT2D eigenvalue weighted by Gasteiger charge is -2.10. The fraction of sp³-hybridized carbons (Fsp3) is 0.333. The predicted octanol–water partition coefficient (Wildman–Crippen LogP) is 2.94. The van der Waals surface area contributed by atoms with Gasteiger partial charge >= 0.3 is 0 Å². The van der Waals surface area contributed by atoms with Gasteiger partial charge in [-0.25, -0.2) is 4.98 Å². The fourth-order valence-electron chi connectivity index (χ4n) is 2.61. The molecular weight excluding hydrogens is 354 g/mol. The van der Waals surface area contributed by atoms with Crippen molar-refractivity contribution in [1.29, 1.82) is 5.26 Å². The minimum absolute atomic E-state index is 0.0346. The van der Waals surface area contributed by atoms with Gasteiger partial charge in [0.2, 0.25) is 5.28 Å². The lowest BCUT2D eigenvalue weighted by Crippen LogP contribution is -2.25. The molecule has 0 fully saturated rings. The van der Waals surface area contributed by atoms with E-state index in [-0.39, 0.29) is 29.8 Å². The SMILES string of the molecule is CCCCOCn1cnc2nc(Cl)n(Cc3ccccc3C#N)c(=O)c21. The molecular formula is C18H18ClN5O2. The van der Waals surface area contributed by atoms with Gasteiger partial charge in [0.1, 0.15) is 6.73 Å². The van der Waals surface area contributed by atoms with Crippen LogP contribution < -0.4 is 5.56 Å². The second-order valence-electron chi connectivity index (χ2n) is 5.82. The summed E-state index contributed by atoms with van der Waals surface area (Å²) in [5, 5.41) is 9.28. The van der Waals surface area contributed by atoms with E-state index >= 15 is 0 Å². The summed E-state index contributed by atoms with van der Waals surface area (Å²) in [4.78, 5) is 21.3. The highest BCUT2D eigenvalue weighted by Gasteiger charge is 2.16. The topological polar surface area (TPSA) is 85.7 Å². The Balaban J connectivity index is 1.98.